The van der Waals surface area contributed by atoms with Gasteiger partial charge in [0, 0.05) is 12.2 Å². The predicted octanol–water partition coefficient (Wildman–Crippen LogP) is 2.87. The molecular weight excluding hydrogens is 268 g/mol. The first kappa shape index (κ1) is 15.5. The van der Waals surface area contributed by atoms with Gasteiger partial charge in [0.2, 0.25) is 0 Å². The molecule has 1 saturated carbocycles. The van der Waals surface area contributed by atoms with Crippen molar-refractivity contribution in [2.45, 2.75) is 51.5 Å². The van der Waals surface area contributed by atoms with Gasteiger partial charge in [0.1, 0.15) is 5.69 Å². The fourth-order valence-electron chi connectivity index (χ4n) is 3.09. The molecule has 0 radical (unpaired) electrons. The van der Waals surface area contributed by atoms with Gasteiger partial charge in [-0.1, -0.05) is 26.2 Å². The van der Waals surface area contributed by atoms with Crippen LogP contribution in [0.25, 0.3) is 0 Å². The van der Waals surface area contributed by atoms with Gasteiger partial charge in [-0.2, -0.15) is 0 Å². The lowest BCUT2D eigenvalue weighted by Crippen LogP contribution is -2.41. The maximum atomic E-state index is 12.3. The molecule has 1 fully saturated rings. The summed E-state index contributed by atoms with van der Waals surface area (Å²) in [7, 11) is 0. The van der Waals surface area contributed by atoms with Crippen LogP contribution in [0.4, 0.5) is 0 Å². The zero-order chi connectivity index (χ0) is 15.2. The van der Waals surface area contributed by atoms with Gasteiger partial charge in [0.25, 0.3) is 5.91 Å². The second-order valence-corrected chi connectivity index (χ2v) is 5.59. The zero-order valence-corrected chi connectivity index (χ0v) is 12.3. The fourth-order valence-corrected chi connectivity index (χ4v) is 3.09. The molecule has 2 rings (SSSR count). The summed E-state index contributed by atoms with van der Waals surface area (Å²) >= 11 is 0. The molecule has 1 amide bonds. The van der Waals surface area contributed by atoms with Gasteiger partial charge in [-0.05, 0) is 37.3 Å². The maximum Gasteiger partial charge on any atom is 0.338 e. The van der Waals surface area contributed by atoms with E-state index in [0.717, 1.165) is 19.3 Å². The number of nitrogens with zero attached hydrogens (tertiary/aromatic N) is 1. The molecule has 1 aromatic heterocycles. The molecule has 21 heavy (non-hydrogen) atoms. The molecule has 1 aliphatic carbocycles. The van der Waals surface area contributed by atoms with Crippen molar-refractivity contribution in [3.05, 3.63) is 29.6 Å². The Morgan fingerprint density at radius 2 is 2.10 bits per heavy atom. The summed E-state index contributed by atoms with van der Waals surface area (Å²) in [4.78, 5) is 27.4. The lowest BCUT2D eigenvalue weighted by molar-refractivity contribution is 0.0688. The Labute approximate surface area is 124 Å². The molecule has 0 saturated heterocycles. The molecule has 5 nitrogen and oxygen atoms in total. The summed E-state index contributed by atoms with van der Waals surface area (Å²) in [5.74, 6) is -1.02. The van der Waals surface area contributed by atoms with E-state index in [4.69, 9.17) is 5.11 Å². The quantitative estimate of drug-likeness (QED) is 0.874. The summed E-state index contributed by atoms with van der Waals surface area (Å²) in [6.45, 7) is 2.05. The molecule has 2 N–H and O–H groups in total. The molecule has 1 aromatic rings. The monoisotopic (exact) mass is 290 g/mol. The van der Waals surface area contributed by atoms with Crippen molar-refractivity contribution in [3.8, 4) is 0 Å². The number of amides is 1. The highest BCUT2D eigenvalue weighted by Crippen LogP contribution is 2.27. The van der Waals surface area contributed by atoms with E-state index in [1.54, 1.807) is 0 Å². The molecule has 5 heteroatoms. The Kier molecular flexibility index (Phi) is 5.31. The van der Waals surface area contributed by atoms with E-state index >= 15 is 0 Å². The second kappa shape index (κ2) is 7.20. The smallest absolute Gasteiger partial charge is 0.338 e. The van der Waals surface area contributed by atoms with Crippen LogP contribution in [0.5, 0.6) is 0 Å². The van der Waals surface area contributed by atoms with E-state index in [1.807, 2.05) is 0 Å². The number of pyridine rings is 1. The van der Waals surface area contributed by atoms with Gasteiger partial charge in [-0.15, -0.1) is 0 Å². The molecule has 0 bridgehead atoms. The van der Waals surface area contributed by atoms with E-state index in [1.165, 1.54) is 37.6 Å². The van der Waals surface area contributed by atoms with Gasteiger partial charge in [-0.25, -0.2) is 4.79 Å². The van der Waals surface area contributed by atoms with Crippen LogP contribution in [0.2, 0.25) is 0 Å². The van der Waals surface area contributed by atoms with Gasteiger partial charge in [0.05, 0.1) is 5.56 Å². The normalized spacial score (nSPS) is 17.2. The molecule has 1 atom stereocenters. The molecule has 0 aliphatic heterocycles. The summed E-state index contributed by atoms with van der Waals surface area (Å²) in [6.07, 6.45) is 8.25. The van der Waals surface area contributed by atoms with Crippen molar-refractivity contribution >= 4 is 11.9 Å². The van der Waals surface area contributed by atoms with Crippen molar-refractivity contribution in [1.29, 1.82) is 0 Å². The summed E-state index contributed by atoms with van der Waals surface area (Å²) in [6, 6.07) is 3.03. The van der Waals surface area contributed by atoms with E-state index in [-0.39, 0.29) is 23.2 Å². The van der Waals surface area contributed by atoms with Crippen LogP contribution in [-0.4, -0.2) is 28.0 Å². The molecule has 0 spiro atoms. The number of carbonyl (C=O) groups is 2. The summed E-state index contributed by atoms with van der Waals surface area (Å²) in [5, 5.41) is 12.1. The van der Waals surface area contributed by atoms with Crippen LogP contribution < -0.4 is 5.32 Å². The Morgan fingerprint density at radius 1 is 1.38 bits per heavy atom. The Hall–Kier alpha value is -1.91. The van der Waals surface area contributed by atoms with Crippen LogP contribution in [0.15, 0.2) is 18.3 Å². The van der Waals surface area contributed by atoms with E-state index < -0.39 is 5.97 Å². The van der Waals surface area contributed by atoms with Gasteiger partial charge in [0.15, 0.2) is 0 Å². The number of aromatic nitrogens is 1. The number of aromatic carboxylic acids is 1. The largest absolute Gasteiger partial charge is 0.478 e. The Bertz CT molecular complexity index is 510. The van der Waals surface area contributed by atoms with Crippen molar-refractivity contribution in [3.63, 3.8) is 0 Å². The second-order valence-electron chi connectivity index (χ2n) is 5.59. The van der Waals surface area contributed by atoms with Gasteiger partial charge < -0.3 is 10.4 Å². The van der Waals surface area contributed by atoms with Crippen molar-refractivity contribution in [1.82, 2.24) is 10.3 Å². The Morgan fingerprint density at radius 3 is 2.71 bits per heavy atom. The summed E-state index contributed by atoms with van der Waals surface area (Å²) < 4.78 is 0. The number of rotatable bonds is 5. The highest BCUT2D eigenvalue weighted by molar-refractivity contribution is 6.03. The third-order valence-corrected chi connectivity index (χ3v) is 4.23. The topological polar surface area (TPSA) is 79.3 Å². The van der Waals surface area contributed by atoms with E-state index in [9.17, 15) is 9.59 Å². The lowest BCUT2D eigenvalue weighted by Gasteiger charge is -2.30. The van der Waals surface area contributed by atoms with E-state index in [0.29, 0.717) is 5.92 Å². The minimum Gasteiger partial charge on any atom is -0.478 e. The first-order valence-corrected chi connectivity index (χ1v) is 7.62. The van der Waals surface area contributed by atoms with Gasteiger partial charge in [-0.3, -0.25) is 9.78 Å². The third-order valence-electron chi connectivity index (χ3n) is 4.23. The molecule has 1 aliphatic rings. The third kappa shape index (κ3) is 3.80. The molecule has 1 unspecified atom stereocenters. The molecule has 114 valence electrons. The number of carbonyl (C=O) groups excluding carboxylic acids is 1. The lowest BCUT2D eigenvalue weighted by atomic mass is 9.83. The number of carboxylic acid groups (broad SMARTS) is 1. The standard InChI is InChI=1S/C16H22N2O3/c1-2-13(11-7-4-3-5-8-11)18-15(19)14-12(16(20)21)9-6-10-17-14/h6,9-11,13H,2-5,7-8H2,1H3,(H,18,19)(H,20,21). The van der Waals surface area contributed by atoms with Crippen molar-refractivity contribution in [2.75, 3.05) is 0 Å². The maximum absolute atomic E-state index is 12.3. The van der Waals surface area contributed by atoms with Crippen LogP contribution in [0.1, 0.15) is 66.3 Å². The van der Waals surface area contributed by atoms with Crippen LogP contribution in [0.3, 0.4) is 0 Å². The first-order chi connectivity index (χ1) is 10.1. The number of hydrogen-bond acceptors (Lipinski definition) is 3. The minimum absolute atomic E-state index is 0.000686. The van der Waals surface area contributed by atoms with Crippen molar-refractivity contribution in [2.24, 2.45) is 5.92 Å². The zero-order valence-electron chi connectivity index (χ0n) is 12.3. The van der Waals surface area contributed by atoms with Crippen LogP contribution in [0, 0.1) is 5.92 Å². The first-order valence-electron chi connectivity index (χ1n) is 7.62. The number of nitrogens with one attached hydrogen (secondary N) is 1. The van der Waals surface area contributed by atoms with Crippen LogP contribution >= 0.6 is 0 Å². The minimum atomic E-state index is -1.13. The molecule has 1 heterocycles. The van der Waals surface area contributed by atoms with Gasteiger partial charge >= 0.3 is 5.97 Å². The summed E-state index contributed by atoms with van der Waals surface area (Å²) in [5.41, 5.74) is -0.0484. The fraction of sp³-hybridized carbons (Fsp3) is 0.562. The highest BCUT2D eigenvalue weighted by Gasteiger charge is 2.26. The average molecular weight is 290 g/mol. The highest BCUT2D eigenvalue weighted by atomic mass is 16.4. The van der Waals surface area contributed by atoms with Crippen LogP contribution in [-0.2, 0) is 0 Å². The molecule has 0 aromatic carbocycles. The molecular formula is C16H22N2O3. The van der Waals surface area contributed by atoms with E-state index in [2.05, 4.69) is 17.2 Å². The van der Waals surface area contributed by atoms with Crippen molar-refractivity contribution < 1.29 is 14.7 Å². The number of hydrogen-bond donors (Lipinski definition) is 2. The predicted molar refractivity (Wildman–Crippen MR) is 79.3 cm³/mol. The average Bonchev–Trinajstić information content (AvgIpc) is 2.53. The number of carboxylic acids is 1. The SMILES string of the molecule is CCC(NC(=O)c1ncccc1C(=O)O)C1CCCCC1. The Balaban J connectivity index is 2.10.